The van der Waals surface area contributed by atoms with Gasteiger partial charge in [0.05, 0.1) is 75.6 Å². The zero-order valence-electron chi connectivity index (χ0n) is 27.3. The van der Waals surface area contributed by atoms with Crippen LogP contribution in [0.3, 0.4) is 0 Å². The molecule has 2 unspecified atom stereocenters. The molecule has 0 bridgehead atoms. The van der Waals surface area contributed by atoms with E-state index in [1.807, 2.05) is 52.0 Å². The lowest BCUT2D eigenvalue weighted by Crippen LogP contribution is -2.17. The highest BCUT2D eigenvalue weighted by atomic mass is 16.7. The van der Waals surface area contributed by atoms with Crippen LogP contribution in [0.2, 0.25) is 0 Å². The molecular weight excluding hydrogens is 584 g/mol. The van der Waals surface area contributed by atoms with Gasteiger partial charge >= 0.3 is 0 Å². The number of ether oxygens (including phenoxy) is 10. The summed E-state index contributed by atoms with van der Waals surface area (Å²) in [6.45, 7) is 15.1. The van der Waals surface area contributed by atoms with Gasteiger partial charge in [0.25, 0.3) is 0 Å². The maximum absolute atomic E-state index is 10.7. The smallest absolute Gasteiger partial charge is 0.187 e. The molecule has 2 aliphatic rings. The van der Waals surface area contributed by atoms with Crippen molar-refractivity contribution in [1.82, 2.24) is 0 Å². The number of aliphatic hydroxyl groups excluding tert-OH is 1. The van der Waals surface area contributed by atoms with E-state index < -0.39 is 18.9 Å². The Morgan fingerprint density at radius 2 is 1.16 bits per heavy atom. The molecule has 2 atom stereocenters. The molecule has 11 heteroatoms. The molecule has 0 spiro atoms. The van der Waals surface area contributed by atoms with Crippen molar-refractivity contribution in [1.29, 1.82) is 0 Å². The van der Waals surface area contributed by atoms with Crippen molar-refractivity contribution in [2.45, 2.75) is 66.0 Å². The summed E-state index contributed by atoms with van der Waals surface area (Å²) in [5.74, 6) is 1.22. The van der Waals surface area contributed by atoms with E-state index in [4.69, 9.17) is 47.4 Å². The van der Waals surface area contributed by atoms with E-state index in [2.05, 4.69) is 6.92 Å². The van der Waals surface area contributed by atoms with Crippen LogP contribution in [0, 0.1) is 13.8 Å². The van der Waals surface area contributed by atoms with Crippen LogP contribution in [0.1, 0.15) is 85.5 Å². The molecule has 45 heavy (non-hydrogen) atoms. The number of rotatable bonds is 20. The highest BCUT2D eigenvalue weighted by molar-refractivity contribution is 5.47. The molecule has 11 nitrogen and oxygen atoms in total. The van der Waals surface area contributed by atoms with Crippen LogP contribution in [0.25, 0.3) is 0 Å². The van der Waals surface area contributed by atoms with Gasteiger partial charge in [-0.3, -0.25) is 0 Å². The zero-order valence-corrected chi connectivity index (χ0v) is 27.3. The second-order valence-electron chi connectivity index (χ2n) is 10.9. The van der Waals surface area contributed by atoms with E-state index >= 15 is 0 Å². The molecule has 2 aliphatic heterocycles. The van der Waals surface area contributed by atoms with E-state index in [0.717, 1.165) is 34.2 Å². The SMILES string of the molecule is CCCOC(C)c1cc(C)cc(C(O)OCC)c1OCCOCCOCCOc1c(C2OCCO2)cc(C)cc1C1OCCO1. The number of aliphatic hydroxyl groups is 1. The third kappa shape index (κ3) is 10.3. The van der Waals surface area contributed by atoms with Crippen LogP contribution < -0.4 is 9.47 Å². The molecule has 0 aromatic heterocycles. The lowest BCUT2D eigenvalue weighted by Gasteiger charge is -2.23. The zero-order chi connectivity index (χ0) is 32.0. The minimum absolute atomic E-state index is 0.201. The Kier molecular flexibility index (Phi) is 14.8. The molecule has 0 aliphatic carbocycles. The van der Waals surface area contributed by atoms with Gasteiger partial charge in [-0.15, -0.1) is 0 Å². The summed E-state index contributed by atoms with van der Waals surface area (Å²) in [6.07, 6.45) is -1.36. The first-order valence-electron chi connectivity index (χ1n) is 16.0. The summed E-state index contributed by atoms with van der Waals surface area (Å²) in [5.41, 5.74) is 5.14. The van der Waals surface area contributed by atoms with Gasteiger partial charge in [-0.2, -0.15) is 0 Å². The Hall–Kier alpha value is -2.32. The van der Waals surface area contributed by atoms with Gasteiger partial charge in [0.2, 0.25) is 0 Å². The second-order valence-corrected chi connectivity index (χ2v) is 10.9. The summed E-state index contributed by atoms with van der Waals surface area (Å²) in [7, 11) is 0. The van der Waals surface area contributed by atoms with Crippen molar-refractivity contribution in [3.05, 3.63) is 57.6 Å². The molecular formula is C34H50O11. The maximum atomic E-state index is 10.7. The first-order valence-corrected chi connectivity index (χ1v) is 16.0. The number of aryl methyl sites for hydroxylation is 2. The summed E-state index contributed by atoms with van der Waals surface area (Å²) in [5, 5.41) is 10.7. The Morgan fingerprint density at radius 1 is 0.667 bits per heavy atom. The van der Waals surface area contributed by atoms with E-state index in [-0.39, 0.29) is 6.10 Å². The van der Waals surface area contributed by atoms with E-state index in [0.29, 0.717) is 96.3 Å². The first-order chi connectivity index (χ1) is 21.9. The summed E-state index contributed by atoms with van der Waals surface area (Å²) in [4.78, 5) is 0. The van der Waals surface area contributed by atoms with Crippen LogP contribution in [-0.2, 0) is 37.9 Å². The third-order valence-corrected chi connectivity index (χ3v) is 7.25. The molecule has 2 heterocycles. The summed E-state index contributed by atoms with van der Waals surface area (Å²) < 4.78 is 58.4. The van der Waals surface area contributed by atoms with Crippen LogP contribution in [-0.4, -0.2) is 84.4 Å². The van der Waals surface area contributed by atoms with Gasteiger partial charge in [-0.25, -0.2) is 0 Å². The van der Waals surface area contributed by atoms with E-state index in [1.54, 1.807) is 0 Å². The van der Waals surface area contributed by atoms with Crippen molar-refractivity contribution < 1.29 is 52.5 Å². The largest absolute Gasteiger partial charge is 0.490 e. The molecule has 1 N–H and O–H groups in total. The molecule has 0 amide bonds. The van der Waals surface area contributed by atoms with Gasteiger partial charge in [-0.05, 0) is 63.9 Å². The first kappa shape index (κ1) is 35.5. The van der Waals surface area contributed by atoms with Crippen LogP contribution in [0.15, 0.2) is 24.3 Å². The van der Waals surface area contributed by atoms with Gasteiger partial charge in [0, 0.05) is 18.8 Å². The highest BCUT2D eigenvalue weighted by Crippen LogP contribution is 2.40. The monoisotopic (exact) mass is 634 g/mol. The van der Waals surface area contributed by atoms with Crippen molar-refractivity contribution in [3.63, 3.8) is 0 Å². The van der Waals surface area contributed by atoms with Crippen molar-refractivity contribution in [2.75, 3.05) is 79.3 Å². The Morgan fingerprint density at radius 3 is 1.69 bits per heavy atom. The fourth-order valence-corrected chi connectivity index (χ4v) is 5.26. The molecule has 2 fully saturated rings. The van der Waals surface area contributed by atoms with Crippen LogP contribution in [0.5, 0.6) is 11.5 Å². The number of benzene rings is 2. The second kappa shape index (κ2) is 18.7. The minimum Gasteiger partial charge on any atom is -0.490 e. The van der Waals surface area contributed by atoms with Crippen molar-refractivity contribution in [3.8, 4) is 11.5 Å². The van der Waals surface area contributed by atoms with Crippen LogP contribution in [0.4, 0.5) is 0 Å². The molecule has 252 valence electrons. The molecule has 0 radical (unpaired) electrons. The lowest BCUT2D eigenvalue weighted by molar-refractivity contribution is -0.0995. The molecule has 2 saturated heterocycles. The topological polar surface area (TPSA) is 113 Å². The highest BCUT2D eigenvalue weighted by Gasteiger charge is 2.30. The summed E-state index contributed by atoms with van der Waals surface area (Å²) >= 11 is 0. The predicted octanol–water partition coefficient (Wildman–Crippen LogP) is 5.40. The quantitative estimate of drug-likeness (QED) is 0.149. The van der Waals surface area contributed by atoms with Gasteiger partial charge in [-0.1, -0.05) is 12.5 Å². The summed E-state index contributed by atoms with van der Waals surface area (Å²) in [6, 6.07) is 7.93. The molecule has 2 aromatic rings. The third-order valence-electron chi connectivity index (χ3n) is 7.25. The standard InChI is InChI=1S/C34H50O11/c1-6-8-39-25(5)26-19-23(3)20-27(32(35)38-7-2)30(26)40-13-11-36-9-10-37-12-14-41-31-28(33-42-15-16-43-33)21-24(4)22-29(31)34-44-17-18-45-34/h19-22,25,32-35H,6-18H2,1-5H3. The fraction of sp³-hybridized carbons (Fsp3) is 0.647. The molecule has 2 aromatic carbocycles. The molecule has 0 saturated carbocycles. The van der Waals surface area contributed by atoms with E-state index in [1.165, 1.54) is 0 Å². The van der Waals surface area contributed by atoms with Gasteiger partial charge in [0.15, 0.2) is 18.9 Å². The fourth-order valence-electron chi connectivity index (χ4n) is 5.26. The molecule has 4 rings (SSSR count). The van der Waals surface area contributed by atoms with Crippen molar-refractivity contribution >= 4 is 0 Å². The Labute approximate surface area is 266 Å². The van der Waals surface area contributed by atoms with E-state index in [9.17, 15) is 5.11 Å². The van der Waals surface area contributed by atoms with Gasteiger partial charge in [0.1, 0.15) is 24.7 Å². The Bertz CT molecular complexity index is 1120. The predicted molar refractivity (Wildman–Crippen MR) is 166 cm³/mol. The average molecular weight is 635 g/mol. The lowest BCUT2D eigenvalue weighted by atomic mass is 10.0. The average Bonchev–Trinajstić information content (AvgIpc) is 3.77. The minimum atomic E-state index is -1.10. The van der Waals surface area contributed by atoms with Gasteiger partial charge < -0.3 is 52.5 Å². The Balaban J connectivity index is 1.23. The van der Waals surface area contributed by atoms with Crippen molar-refractivity contribution in [2.24, 2.45) is 0 Å². The maximum Gasteiger partial charge on any atom is 0.187 e. The number of hydrogen-bond donors (Lipinski definition) is 1. The van der Waals surface area contributed by atoms with Crippen LogP contribution >= 0.6 is 0 Å². The number of hydrogen-bond acceptors (Lipinski definition) is 11. The normalized spacial score (nSPS) is 17.2.